The van der Waals surface area contributed by atoms with Crippen molar-refractivity contribution in [3.05, 3.63) is 42.5 Å². The number of likely N-dealkylation sites (N-methyl/N-ethyl adjacent to an activating group) is 2. The standard InChI is InChI=1S/C22H32N5OS/c1-7-26(14-15-27(3,4)5)18-10-8-17(9-11-18)23-24-22-25(2)20-13-12-19(28-6)16-21(20)29-22/h8-13,16,22H,7,14-15H2,1-6H3/q+1. The number of azo groups is 1. The Morgan fingerprint density at radius 1 is 1.14 bits per heavy atom. The fourth-order valence-electron chi connectivity index (χ4n) is 3.16. The van der Waals surface area contributed by atoms with E-state index in [1.165, 1.54) is 10.6 Å². The molecule has 1 aliphatic heterocycles. The molecule has 7 heteroatoms. The Hall–Kier alpha value is -2.25. The lowest BCUT2D eigenvalue weighted by Gasteiger charge is -2.29. The molecule has 0 spiro atoms. The first-order chi connectivity index (χ1) is 13.8. The molecule has 0 radical (unpaired) electrons. The van der Waals surface area contributed by atoms with Crippen LogP contribution in [0.2, 0.25) is 0 Å². The van der Waals surface area contributed by atoms with Crippen LogP contribution in [0.15, 0.2) is 57.6 Å². The van der Waals surface area contributed by atoms with E-state index in [0.29, 0.717) is 0 Å². The van der Waals surface area contributed by atoms with E-state index in [0.717, 1.165) is 41.2 Å². The number of nitrogens with zero attached hydrogens (tertiary/aromatic N) is 5. The summed E-state index contributed by atoms with van der Waals surface area (Å²) in [6.07, 6.45) is 0. The fourth-order valence-corrected chi connectivity index (χ4v) is 4.27. The maximum atomic E-state index is 5.32. The van der Waals surface area contributed by atoms with Gasteiger partial charge in [-0.2, -0.15) is 10.2 Å². The summed E-state index contributed by atoms with van der Waals surface area (Å²) in [5.74, 6) is 0.864. The second-order valence-electron chi connectivity index (χ2n) is 8.21. The zero-order valence-electron chi connectivity index (χ0n) is 18.3. The van der Waals surface area contributed by atoms with Crippen molar-refractivity contribution >= 4 is 28.8 Å². The third-order valence-corrected chi connectivity index (χ3v) is 6.22. The minimum Gasteiger partial charge on any atom is -0.497 e. The normalized spacial score (nSPS) is 16.3. The van der Waals surface area contributed by atoms with Gasteiger partial charge in [-0.05, 0) is 49.4 Å². The first kappa shape index (κ1) is 21.5. The van der Waals surface area contributed by atoms with Crippen LogP contribution in [-0.2, 0) is 0 Å². The minimum atomic E-state index is -0.0616. The lowest BCUT2D eigenvalue weighted by Crippen LogP contribution is -2.42. The van der Waals surface area contributed by atoms with Crippen LogP contribution in [0, 0.1) is 0 Å². The Balaban J connectivity index is 1.64. The largest absolute Gasteiger partial charge is 0.497 e. The highest BCUT2D eigenvalue weighted by Gasteiger charge is 2.27. The van der Waals surface area contributed by atoms with Crippen molar-refractivity contribution in [2.24, 2.45) is 10.2 Å². The lowest BCUT2D eigenvalue weighted by molar-refractivity contribution is -0.868. The zero-order valence-corrected chi connectivity index (χ0v) is 19.1. The van der Waals surface area contributed by atoms with Crippen LogP contribution >= 0.6 is 11.8 Å². The Kier molecular flexibility index (Phi) is 6.70. The molecule has 1 heterocycles. The van der Waals surface area contributed by atoms with E-state index < -0.39 is 0 Å². The van der Waals surface area contributed by atoms with Gasteiger partial charge in [-0.1, -0.05) is 11.8 Å². The molecule has 0 N–H and O–H groups in total. The summed E-state index contributed by atoms with van der Waals surface area (Å²) in [5, 5.41) is 9.05. The maximum absolute atomic E-state index is 5.32. The summed E-state index contributed by atoms with van der Waals surface area (Å²) >= 11 is 1.69. The molecule has 0 aromatic heterocycles. The Labute approximate surface area is 178 Å². The second-order valence-corrected chi connectivity index (χ2v) is 9.31. The maximum Gasteiger partial charge on any atom is 0.194 e. The van der Waals surface area contributed by atoms with E-state index in [1.807, 2.05) is 25.2 Å². The summed E-state index contributed by atoms with van der Waals surface area (Å²) in [6, 6.07) is 14.5. The number of quaternary nitrogens is 1. The van der Waals surface area contributed by atoms with Crippen LogP contribution in [-0.4, -0.2) is 64.9 Å². The molecule has 0 saturated carbocycles. The van der Waals surface area contributed by atoms with Crippen LogP contribution < -0.4 is 14.5 Å². The molecule has 2 aromatic rings. The SMILES string of the molecule is CCN(CC[N+](C)(C)C)c1ccc(N=NC2Sc3cc(OC)ccc3N2C)cc1. The highest BCUT2D eigenvalue weighted by atomic mass is 32.2. The van der Waals surface area contributed by atoms with Crippen LogP contribution in [0.3, 0.4) is 0 Å². The number of hydrogen-bond donors (Lipinski definition) is 0. The van der Waals surface area contributed by atoms with Gasteiger partial charge in [0.2, 0.25) is 0 Å². The topological polar surface area (TPSA) is 40.4 Å². The highest BCUT2D eigenvalue weighted by Crippen LogP contribution is 2.44. The molecule has 0 saturated heterocycles. The molecule has 1 unspecified atom stereocenters. The molecule has 6 nitrogen and oxygen atoms in total. The lowest BCUT2D eigenvalue weighted by atomic mass is 10.2. The van der Waals surface area contributed by atoms with Gasteiger partial charge in [0.25, 0.3) is 0 Å². The molecular weight excluding hydrogens is 382 g/mol. The monoisotopic (exact) mass is 414 g/mol. The van der Waals surface area contributed by atoms with E-state index in [1.54, 1.807) is 18.9 Å². The number of fused-ring (bicyclic) bond motifs is 1. The Bertz CT molecular complexity index is 847. The van der Waals surface area contributed by atoms with Gasteiger partial charge in [-0.25, -0.2) is 0 Å². The van der Waals surface area contributed by atoms with Gasteiger partial charge < -0.3 is 19.0 Å². The van der Waals surface area contributed by atoms with Crippen molar-refractivity contribution in [1.29, 1.82) is 0 Å². The van der Waals surface area contributed by atoms with Gasteiger partial charge in [-0.15, -0.1) is 0 Å². The smallest absolute Gasteiger partial charge is 0.194 e. The summed E-state index contributed by atoms with van der Waals surface area (Å²) in [7, 11) is 10.4. The van der Waals surface area contributed by atoms with Gasteiger partial charge in [0.15, 0.2) is 5.50 Å². The van der Waals surface area contributed by atoms with E-state index in [-0.39, 0.29) is 5.50 Å². The fraction of sp³-hybridized carbons (Fsp3) is 0.455. The van der Waals surface area contributed by atoms with E-state index in [9.17, 15) is 0 Å². The average molecular weight is 415 g/mol. The van der Waals surface area contributed by atoms with Gasteiger partial charge in [-0.3, -0.25) is 0 Å². The van der Waals surface area contributed by atoms with Crippen molar-refractivity contribution < 1.29 is 9.22 Å². The number of benzene rings is 2. The van der Waals surface area contributed by atoms with Gasteiger partial charge >= 0.3 is 0 Å². The van der Waals surface area contributed by atoms with E-state index in [4.69, 9.17) is 4.74 Å². The average Bonchev–Trinajstić information content (AvgIpc) is 3.02. The summed E-state index contributed by atoms with van der Waals surface area (Å²) < 4.78 is 6.29. The zero-order chi connectivity index (χ0) is 21.0. The number of anilines is 2. The molecule has 0 amide bonds. The number of rotatable bonds is 8. The predicted octanol–water partition coefficient (Wildman–Crippen LogP) is 4.84. The van der Waals surface area contributed by atoms with Gasteiger partial charge in [0.1, 0.15) is 5.75 Å². The first-order valence-corrected chi connectivity index (χ1v) is 10.8. The third kappa shape index (κ3) is 5.42. The van der Waals surface area contributed by atoms with Gasteiger partial charge in [0.05, 0.1) is 52.7 Å². The van der Waals surface area contributed by atoms with Crippen molar-refractivity contribution in [3.63, 3.8) is 0 Å². The molecule has 156 valence electrons. The van der Waals surface area contributed by atoms with Gasteiger partial charge in [0, 0.05) is 24.2 Å². The Morgan fingerprint density at radius 2 is 1.86 bits per heavy atom. The van der Waals surface area contributed by atoms with Crippen molar-refractivity contribution in [2.45, 2.75) is 17.3 Å². The quantitative estimate of drug-likeness (QED) is 0.458. The molecule has 2 aromatic carbocycles. The van der Waals surface area contributed by atoms with Crippen molar-refractivity contribution in [2.75, 3.05) is 64.7 Å². The molecular formula is C22H32N5OS+. The number of thioether (sulfide) groups is 1. The molecule has 1 atom stereocenters. The molecule has 3 rings (SSSR count). The van der Waals surface area contributed by atoms with Crippen LogP contribution in [0.4, 0.5) is 17.1 Å². The summed E-state index contributed by atoms with van der Waals surface area (Å²) in [4.78, 5) is 5.71. The molecule has 1 aliphatic rings. The summed E-state index contributed by atoms with van der Waals surface area (Å²) in [6.45, 7) is 5.33. The predicted molar refractivity (Wildman–Crippen MR) is 123 cm³/mol. The van der Waals surface area contributed by atoms with Crippen LogP contribution in [0.5, 0.6) is 5.75 Å². The molecule has 0 aliphatic carbocycles. The molecule has 0 bridgehead atoms. The number of ether oxygens (including phenoxy) is 1. The Morgan fingerprint density at radius 3 is 2.48 bits per heavy atom. The number of hydrogen-bond acceptors (Lipinski definition) is 6. The van der Waals surface area contributed by atoms with Crippen LogP contribution in [0.1, 0.15) is 6.92 Å². The van der Waals surface area contributed by atoms with Crippen LogP contribution in [0.25, 0.3) is 0 Å². The highest BCUT2D eigenvalue weighted by molar-refractivity contribution is 8.00. The van der Waals surface area contributed by atoms with Crippen molar-refractivity contribution in [3.8, 4) is 5.75 Å². The molecule has 29 heavy (non-hydrogen) atoms. The van der Waals surface area contributed by atoms with E-state index >= 15 is 0 Å². The van der Waals surface area contributed by atoms with Crippen molar-refractivity contribution in [1.82, 2.24) is 0 Å². The number of methoxy groups -OCH3 is 1. The minimum absolute atomic E-state index is 0.0616. The molecule has 0 fully saturated rings. The first-order valence-electron chi connectivity index (χ1n) is 9.94. The second kappa shape index (κ2) is 9.05. The van der Waals surface area contributed by atoms with E-state index in [2.05, 4.69) is 72.4 Å². The third-order valence-electron chi connectivity index (χ3n) is 5.02. The summed E-state index contributed by atoms with van der Waals surface area (Å²) in [5.41, 5.74) is 3.20.